The molecular formula is C14H9NO3. The highest BCUT2D eigenvalue weighted by atomic mass is 16.3. The van der Waals surface area contributed by atoms with E-state index in [1.807, 2.05) is 18.2 Å². The fourth-order valence-electron chi connectivity index (χ4n) is 1.97. The minimum atomic E-state index is -0.169. The van der Waals surface area contributed by atoms with Crippen LogP contribution in [0.15, 0.2) is 51.8 Å². The molecule has 0 amide bonds. The highest BCUT2D eigenvalue weighted by Crippen LogP contribution is 2.28. The summed E-state index contributed by atoms with van der Waals surface area (Å²) in [5.74, 6) is 0.847. The first-order valence-electron chi connectivity index (χ1n) is 5.45. The Morgan fingerprint density at radius 3 is 2.83 bits per heavy atom. The van der Waals surface area contributed by atoms with E-state index in [2.05, 4.69) is 4.98 Å². The van der Waals surface area contributed by atoms with Crippen molar-refractivity contribution in [3.8, 4) is 11.3 Å². The van der Waals surface area contributed by atoms with E-state index < -0.39 is 0 Å². The van der Waals surface area contributed by atoms with Crippen molar-refractivity contribution in [3.63, 3.8) is 0 Å². The Bertz CT molecular complexity index is 783. The lowest BCUT2D eigenvalue weighted by atomic mass is 10.0. The molecule has 0 saturated carbocycles. The number of rotatable bonds is 2. The van der Waals surface area contributed by atoms with Crippen molar-refractivity contribution in [1.82, 2.24) is 4.98 Å². The Kier molecular flexibility index (Phi) is 2.34. The Hall–Kier alpha value is -2.62. The van der Waals surface area contributed by atoms with Gasteiger partial charge in [-0.05, 0) is 22.9 Å². The smallest absolute Gasteiger partial charge is 0.248 e. The van der Waals surface area contributed by atoms with E-state index in [0.717, 1.165) is 16.3 Å². The molecule has 0 aliphatic heterocycles. The summed E-state index contributed by atoms with van der Waals surface area (Å²) in [5, 5.41) is 1.71. The van der Waals surface area contributed by atoms with Crippen LogP contribution in [0.5, 0.6) is 0 Å². The number of nitrogens with one attached hydrogen (secondary N) is 1. The maximum Gasteiger partial charge on any atom is 0.248 e. The molecule has 18 heavy (non-hydrogen) atoms. The second-order valence-corrected chi connectivity index (χ2v) is 3.93. The lowest BCUT2D eigenvalue weighted by Crippen LogP contribution is -2.01. The Balaban J connectivity index is 2.31. The predicted octanol–water partition coefficient (Wildman–Crippen LogP) is 2.60. The fraction of sp³-hybridized carbons (Fsp3) is 0. The molecule has 3 aromatic rings. The van der Waals surface area contributed by atoms with E-state index in [1.54, 1.807) is 18.3 Å². The summed E-state index contributed by atoms with van der Waals surface area (Å²) in [5.41, 5.74) is 0.629. The zero-order valence-electron chi connectivity index (χ0n) is 9.34. The van der Waals surface area contributed by atoms with Gasteiger partial charge in [0.15, 0.2) is 12.0 Å². The van der Waals surface area contributed by atoms with Crippen molar-refractivity contribution in [2.45, 2.75) is 0 Å². The third-order valence-electron chi connectivity index (χ3n) is 2.79. The molecule has 2 aromatic heterocycles. The number of hydrogen-bond acceptors (Lipinski definition) is 3. The van der Waals surface area contributed by atoms with Gasteiger partial charge in [0, 0.05) is 17.8 Å². The van der Waals surface area contributed by atoms with Gasteiger partial charge in [-0.2, -0.15) is 0 Å². The van der Waals surface area contributed by atoms with Gasteiger partial charge in [0.2, 0.25) is 5.56 Å². The number of aldehydes is 1. The lowest BCUT2D eigenvalue weighted by Gasteiger charge is -2.02. The van der Waals surface area contributed by atoms with Gasteiger partial charge >= 0.3 is 0 Å². The van der Waals surface area contributed by atoms with Gasteiger partial charge in [-0.15, -0.1) is 0 Å². The fourth-order valence-corrected chi connectivity index (χ4v) is 1.97. The van der Waals surface area contributed by atoms with Crippen LogP contribution in [0.2, 0.25) is 0 Å². The maximum absolute atomic E-state index is 11.4. The van der Waals surface area contributed by atoms with Crippen LogP contribution >= 0.6 is 0 Å². The molecule has 0 radical (unpaired) electrons. The number of H-pyrrole nitrogens is 1. The number of carbonyl (C=O) groups is 1. The first-order chi connectivity index (χ1) is 8.78. The molecular weight excluding hydrogens is 230 g/mol. The van der Waals surface area contributed by atoms with Crippen molar-refractivity contribution >= 4 is 17.1 Å². The molecule has 0 aliphatic carbocycles. The van der Waals surface area contributed by atoms with Gasteiger partial charge < -0.3 is 9.40 Å². The molecule has 0 fully saturated rings. The summed E-state index contributed by atoms with van der Waals surface area (Å²) in [6.07, 6.45) is 2.31. The van der Waals surface area contributed by atoms with Crippen LogP contribution in [-0.4, -0.2) is 11.3 Å². The molecule has 1 aromatic carbocycles. The quantitative estimate of drug-likeness (QED) is 0.699. The number of aromatic amines is 1. The predicted molar refractivity (Wildman–Crippen MR) is 67.7 cm³/mol. The van der Waals surface area contributed by atoms with Crippen molar-refractivity contribution < 1.29 is 9.21 Å². The monoisotopic (exact) mass is 239 g/mol. The summed E-state index contributed by atoms with van der Waals surface area (Å²) in [6, 6.07) is 10.5. The number of benzene rings is 1. The van der Waals surface area contributed by atoms with Crippen LogP contribution < -0.4 is 5.56 Å². The minimum Gasteiger partial charge on any atom is -0.453 e. The molecule has 0 bridgehead atoms. The highest BCUT2D eigenvalue weighted by Gasteiger charge is 2.08. The second kappa shape index (κ2) is 4.00. The first-order valence-corrected chi connectivity index (χ1v) is 5.45. The van der Waals surface area contributed by atoms with Gasteiger partial charge in [0.25, 0.3) is 0 Å². The third kappa shape index (κ3) is 1.64. The molecule has 0 aliphatic rings. The molecule has 1 N–H and O–H groups in total. The molecule has 0 spiro atoms. The van der Waals surface area contributed by atoms with Crippen LogP contribution in [0.1, 0.15) is 10.6 Å². The molecule has 4 nitrogen and oxygen atoms in total. The number of aromatic nitrogens is 1. The lowest BCUT2D eigenvalue weighted by molar-refractivity contribution is 0.110. The molecule has 0 atom stereocenters. The first kappa shape index (κ1) is 10.5. The van der Waals surface area contributed by atoms with E-state index in [0.29, 0.717) is 12.0 Å². The number of pyridine rings is 1. The van der Waals surface area contributed by atoms with Gasteiger partial charge in [-0.1, -0.05) is 18.2 Å². The second-order valence-electron chi connectivity index (χ2n) is 3.93. The number of hydrogen-bond donors (Lipinski definition) is 1. The van der Waals surface area contributed by atoms with E-state index in [9.17, 15) is 9.59 Å². The largest absolute Gasteiger partial charge is 0.453 e. The third-order valence-corrected chi connectivity index (χ3v) is 2.79. The minimum absolute atomic E-state index is 0.169. The SMILES string of the molecule is O=Cc1ccc(-c2cccc3c[nH]c(=O)cc23)o1. The van der Waals surface area contributed by atoms with E-state index in [1.165, 1.54) is 6.07 Å². The van der Waals surface area contributed by atoms with Crippen molar-refractivity contribution in [1.29, 1.82) is 0 Å². The van der Waals surface area contributed by atoms with Crippen LogP contribution in [0.3, 0.4) is 0 Å². The normalized spacial score (nSPS) is 10.7. The van der Waals surface area contributed by atoms with Crippen LogP contribution in [0, 0.1) is 0 Å². The zero-order chi connectivity index (χ0) is 12.5. The molecule has 4 heteroatoms. The van der Waals surface area contributed by atoms with E-state index in [4.69, 9.17) is 4.42 Å². The van der Waals surface area contributed by atoms with Crippen LogP contribution in [0.4, 0.5) is 0 Å². The number of furan rings is 1. The molecule has 0 saturated heterocycles. The molecule has 88 valence electrons. The van der Waals surface area contributed by atoms with Gasteiger partial charge in [-0.3, -0.25) is 9.59 Å². The number of carbonyl (C=O) groups excluding carboxylic acids is 1. The number of fused-ring (bicyclic) bond motifs is 1. The van der Waals surface area contributed by atoms with Gasteiger partial charge in [-0.25, -0.2) is 0 Å². The van der Waals surface area contributed by atoms with Gasteiger partial charge in [0.05, 0.1) is 0 Å². The topological polar surface area (TPSA) is 63.1 Å². The standard InChI is InChI=1S/C14H9NO3/c16-8-10-4-5-13(18-10)11-3-1-2-9-7-15-14(17)6-12(9)11/h1-8H,(H,15,17). The van der Waals surface area contributed by atoms with Gasteiger partial charge in [0.1, 0.15) is 5.76 Å². The maximum atomic E-state index is 11.4. The average molecular weight is 239 g/mol. The summed E-state index contributed by atoms with van der Waals surface area (Å²) >= 11 is 0. The Morgan fingerprint density at radius 2 is 2.06 bits per heavy atom. The molecule has 0 unspecified atom stereocenters. The van der Waals surface area contributed by atoms with Crippen LogP contribution in [0.25, 0.3) is 22.1 Å². The zero-order valence-corrected chi connectivity index (χ0v) is 9.34. The Labute approximate surface area is 102 Å². The van der Waals surface area contributed by atoms with Crippen LogP contribution in [-0.2, 0) is 0 Å². The summed E-state index contributed by atoms with van der Waals surface area (Å²) in [7, 11) is 0. The van der Waals surface area contributed by atoms with Crippen molar-refractivity contribution in [2.24, 2.45) is 0 Å². The summed E-state index contributed by atoms with van der Waals surface area (Å²) in [6.45, 7) is 0. The van der Waals surface area contributed by atoms with E-state index in [-0.39, 0.29) is 11.3 Å². The summed E-state index contributed by atoms with van der Waals surface area (Å²) < 4.78 is 5.39. The van der Waals surface area contributed by atoms with Crippen molar-refractivity contribution in [2.75, 3.05) is 0 Å². The summed E-state index contributed by atoms with van der Waals surface area (Å²) in [4.78, 5) is 24.6. The van der Waals surface area contributed by atoms with E-state index >= 15 is 0 Å². The average Bonchev–Trinajstić information content (AvgIpc) is 2.86. The van der Waals surface area contributed by atoms with Crippen molar-refractivity contribution in [3.05, 3.63) is 58.7 Å². The Morgan fingerprint density at radius 1 is 1.17 bits per heavy atom. The highest BCUT2D eigenvalue weighted by molar-refractivity contribution is 5.95. The molecule has 3 rings (SSSR count). The molecule has 2 heterocycles.